The fraction of sp³-hybridized carbons (Fsp3) is 0.278. The molecule has 0 aromatic heterocycles. The molecule has 1 aliphatic heterocycles. The van der Waals surface area contributed by atoms with E-state index in [1.165, 1.54) is 22.3 Å². The van der Waals surface area contributed by atoms with Crippen molar-refractivity contribution in [1.82, 2.24) is 4.90 Å². The average molecular weight is 279 g/mol. The Morgan fingerprint density at radius 1 is 1.00 bits per heavy atom. The van der Waals surface area contributed by atoms with Crippen molar-refractivity contribution in [3.05, 3.63) is 59.7 Å². The van der Waals surface area contributed by atoms with E-state index in [4.69, 9.17) is 4.74 Å². The summed E-state index contributed by atoms with van der Waals surface area (Å²) in [7, 11) is 0. The molecule has 0 unspecified atom stereocenters. The maximum atomic E-state index is 11.9. The normalized spacial score (nSPS) is 16.1. The van der Waals surface area contributed by atoms with Crippen LogP contribution in [-0.2, 0) is 4.74 Å². The van der Waals surface area contributed by atoms with Gasteiger partial charge in [0.15, 0.2) is 0 Å². The van der Waals surface area contributed by atoms with Crippen LogP contribution in [0.5, 0.6) is 0 Å². The van der Waals surface area contributed by atoms with E-state index in [2.05, 4.69) is 48.5 Å². The van der Waals surface area contributed by atoms with E-state index >= 15 is 0 Å². The van der Waals surface area contributed by atoms with E-state index in [1.54, 1.807) is 4.90 Å². The highest BCUT2D eigenvalue weighted by molar-refractivity contribution is 5.79. The second-order valence-corrected chi connectivity index (χ2v) is 5.64. The van der Waals surface area contributed by atoms with Crippen LogP contribution in [0.25, 0.3) is 11.1 Å². The molecule has 2 aromatic carbocycles. The third-order valence-corrected chi connectivity index (χ3v) is 4.45. The molecular formula is C18H17NO2. The third kappa shape index (κ3) is 2.00. The number of benzene rings is 2. The number of amides is 1. The summed E-state index contributed by atoms with van der Waals surface area (Å²) in [5, 5.41) is 0. The summed E-state index contributed by atoms with van der Waals surface area (Å²) in [5.41, 5.74) is 5.04. The fourth-order valence-electron chi connectivity index (χ4n) is 3.18. The lowest BCUT2D eigenvalue weighted by molar-refractivity contribution is 0.0788. The molecule has 0 N–H and O–H groups in total. The zero-order valence-corrected chi connectivity index (χ0v) is 11.8. The lowest BCUT2D eigenvalue weighted by Crippen LogP contribution is -2.42. The minimum Gasteiger partial charge on any atom is -0.448 e. The standard InChI is InChI=1S/C18H17NO2/c20-18(19-10-5-11-19)21-12-17-15-8-3-1-6-13(15)14-7-2-4-9-16(14)17/h1-4,6-9,17H,5,10-12H2. The molecule has 4 rings (SSSR count). The van der Waals surface area contributed by atoms with Gasteiger partial charge in [-0.3, -0.25) is 0 Å². The molecule has 2 aliphatic rings. The van der Waals surface area contributed by atoms with E-state index in [1.807, 2.05) is 0 Å². The summed E-state index contributed by atoms with van der Waals surface area (Å²) < 4.78 is 5.53. The molecule has 2 aromatic rings. The van der Waals surface area contributed by atoms with Crippen molar-refractivity contribution in [2.75, 3.05) is 19.7 Å². The number of nitrogens with zero attached hydrogens (tertiary/aromatic N) is 1. The van der Waals surface area contributed by atoms with Gasteiger partial charge in [-0.05, 0) is 28.7 Å². The molecule has 1 aliphatic carbocycles. The number of rotatable bonds is 2. The van der Waals surface area contributed by atoms with Crippen LogP contribution in [0.1, 0.15) is 23.5 Å². The largest absolute Gasteiger partial charge is 0.448 e. The third-order valence-electron chi connectivity index (χ3n) is 4.45. The molecule has 0 atom stereocenters. The van der Waals surface area contributed by atoms with Crippen LogP contribution in [-0.4, -0.2) is 30.7 Å². The van der Waals surface area contributed by atoms with Crippen LogP contribution < -0.4 is 0 Å². The highest BCUT2D eigenvalue weighted by Crippen LogP contribution is 2.44. The van der Waals surface area contributed by atoms with Gasteiger partial charge in [0.1, 0.15) is 6.61 Å². The Hall–Kier alpha value is -2.29. The molecule has 21 heavy (non-hydrogen) atoms. The van der Waals surface area contributed by atoms with Crippen LogP contribution in [0.2, 0.25) is 0 Å². The van der Waals surface area contributed by atoms with Crippen molar-refractivity contribution in [3.63, 3.8) is 0 Å². The molecule has 1 saturated heterocycles. The Labute approximate surface area is 124 Å². The molecule has 3 heteroatoms. The zero-order valence-electron chi connectivity index (χ0n) is 11.8. The van der Waals surface area contributed by atoms with E-state index < -0.39 is 0 Å². The maximum absolute atomic E-state index is 11.9. The number of likely N-dealkylation sites (tertiary alicyclic amines) is 1. The van der Waals surface area contributed by atoms with Gasteiger partial charge in [-0.25, -0.2) is 4.79 Å². The van der Waals surface area contributed by atoms with Crippen LogP contribution >= 0.6 is 0 Å². The number of fused-ring (bicyclic) bond motifs is 3. The van der Waals surface area contributed by atoms with Gasteiger partial charge < -0.3 is 9.64 Å². The molecule has 0 radical (unpaired) electrons. The quantitative estimate of drug-likeness (QED) is 0.840. The fourth-order valence-corrected chi connectivity index (χ4v) is 3.18. The molecule has 0 bridgehead atoms. The maximum Gasteiger partial charge on any atom is 0.409 e. The summed E-state index contributed by atoms with van der Waals surface area (Å²) in [6, 6.07) is 16.8. The summed E-state index contributed by atoms with van der Waals surface area (Å²) >= 11 is 0. The summed E-state index contributed by atoms with van der Waals surface area (Å²) in [6.07, 6.45) is 0.910. The SMILES string of the molecule is O=C(OCC1c2ccccc2-c2ccccc21)N1CCC1. The predicted molar refractivity (Wildman–Crippen MR) is 81.3 cm³/mol. The topological polar surface area (TPSA) is 29.5 Å². The van der Waals surface area contributed by atoms with Crippen molar-refractivity contribution < 1.29 is 9.53 Å². The number of carbonyl (C=O) groups is 1. The van der Waals surface area contributed by atoms with E-state index in [0.29, 0.717) is 6.61 Å². The Morgan fingerprint density at radius 3 is 2.10 bits per heavy atom. The van der Waals surface area contributed by atoms with Crippen molar-refractivity contribution in [2.24, 2.45) is 0 Å². The van der Waals surface area contributed by atoms with Crippen molar-refractivity contribution >= 4 is 6.09 Å². The molecule has 0 spiro atoms. The second kappa shape index (κ2) is 4.92. The van der Waals surface area contributed by atoms with Crippen molar-refractivity contribution in [3.8, 4) is 11.1 Å². The van der Waals surface area contributed by atoms with E-state index in [0.717, 1.165) is 19.5 Å². The molecule has 0 saturated carbocycles. The predicted octanol–water partition coefficient (Wildman–Crippen LogP) is 3.64. The van der Waals surface area contributed by atoms with Crippen molar-refractivity contribution in [1.29, 1.82) is 0 Å². The molecule has 3 nitrogen and oxygen atoms in total. The molecule has 1 fully saturated rings. The van der Waals surface area contributed by atoms with Gasteiger partial charge >= 0.3 is 6.09 Å². The summed E-state index contributed by atoms with van der Waals surface area (Å²) in [4.78, 5) is 13.7. The lowest BCUT2D eigenvalue weighted by atomic mass is 9.98. The van der Waals surface area contributed by atoms with Crippen LogP contribution in [0, 0.1) is 0 Å². The highest BCUT2D eigenvalue weighted by atomic mass is 16.6. The molecular weight excluding hydrogens is 262 g/mol. The Kier molecular flexibility index (Phi) is 2.92. The average Bonchev–Trinajstić information content (AvgIpc) is 2.78. The van der Waals surface area contributed by atoms with E-state index in [9.17, 15) is 4.79 Å². The first-order valence-corrected chi connectivity index (χ1v) is 7.44. The lowest BCUT2D eigenvalue weighted by Gasteiger charge is -2.30. The van der Waals surface area contributed by atoms with Gasteiger partial charge in [0.25, 0.3) is 0 Å². The summed E-state index contributed by atoms with van der Waals surface area (Å²) in [5.74, 6) is 0.155. The van der Waals surface area contributed by atoms with Gasteiger partial charge in [0, 0.05) is 19.0 Å². The first kappa shape index (κ1) is 12.5. The van der Waals surface area contributed by atoms with Gasteiger partial charge in [-0.2, -0.15) is 0 Å². The Balaban J connectivity index is 1.61. The van der Waals surface area contributed by atoms with Crippen LogP contribution in [0.15, 0.2) is 48.5 Å². The minimum atomic E-state index is -0.178. The van der Waals surface area contributed by atoms with Gasteiger partial charge in [-0.1, -0.05) is 48.5 Å². The number of hydrogen-bond donors (Lipinski definition) is 0. The monoisotopic (exact) mass is 279 g/mol. The number of carbonyl (C=O) groups excluding carboxylic acids is 1. The number of hydrogen-bond acceptors (Lipinski definition) is 2. The van der Waals surface area contributed by atoms with Gasteiger partial charge in [-0.15, -0.1) is 0 Å². The highest BCUT2D eigenvalue weighted by Gasteiger charge is 2.30. The Bertz CT molecular complexity index is 646. The number of ether oxygens (including phenoxy) is 1. The first-order chi connectivity index (χ1) is 10.3. The molecule has 106 valence electrons. The van der Waals surface area contributed by atoms with Crippen molar-refractivity contribution in [2.45, 2.75) is 12.3 Å². The zero-order chi connectivity index (χ0) is 14.2. The van der Waals surface area contributed by atoms with Gasteiger partial charge in [0.2, 0.25) is 0 Å². The second-order valence-electron chi connectivity index (χ2n) is 5.64. The van der Waals surface area contributed by atoms with Crippen LogP contribution in [0.3, 0.4) is 0 Å². The van der Waals surface area contributed by atoms with Crippen LogP contribution in [0.4, 0.5) is 4.79 Å². The smallest absolute Gasteiger partial charge is 0.409 e. The Morgan fingerprint density at radius 2 is 1.57 bits per heavy atom. The molecule has 1 amide bonds. The molecule has 1 heterocycles. The van der Waals surface area contributed by atoms with E-state index in [-0.39, 0.29) is 12.0 Å². The first-order valence-electron chi connectivity index (χ1n) is 7.44. The summed E-state index contributed by atoms with van der Waals surface area (Å²) in [6.45, 7) is 2.08. The van der Waals surface area contributed by atoms with Gasteiger partial charge in [0.05, 0.1) is 0 Å². The minimum absolute atomic E-state index is 0.155.